The molecule has 2 aromatic heterocycles. The third-order valence-corrected chi connectivity index (χ3v) is 7.00. The summed E-state index contributed by atoms with van der Waals surface area (Å²) in [4.78, 5) is 20.4. The Labute approximate surface area is 197 Å². The average Bonchev–Trinajstić information content (AvgIpc) is 3.60. The molecule has 4 heterocycles. The summed E-state index contributed by atoms with van der Waals surface area (Å²) in [6.45, 7) is 7.99. The number of amides is 1. The molecule has 0 unspecified atom stereocenters. The Morgan fingerprint density at radius 2 is 2.06 bits per heavy atom. The predicted molar refractivity (Wildman–Crippen MR) is 123 cm³/mol. The first-order valence-corrected chi connectivity index (χ1v) is 12.0. The SMILES string of the molecule is CC(C)c1nn(-c2noc(C[C@@H]3CCN(C[C@@H]4CCN(C(=O)CO)C4)C3)n2)c2c(F)cccc12. The van der Waals surface area contributed by atoms with Gasteiger partial charge in [0.05, 0.1) is 5.69 Å². The summed E-state index contributed by atoms with van der Waals surface area (Å²) in [5, 5.41) is 18.5. The van der Waals surface area contributed by atoms with Gasteiger partial charge in [-0.2, -0.15) is 14.8 Å². The third kappa shape index (κ3) is 4.44. The summed E-state index contributed by atoms with van der Waals surface area (Å²) in [7, 11) is 0. The molecule has 2 atom stereocenters. The van der Waals surface area contributed by atoms with Crippen LogP contribution in [0.1, 0.15) is 44.2 Å². The summed E-state index contributed by atoms with van der Waals surface area (Å²) in [5.74, 6) is 1.24. The molecule has 0 bridgehead atoms. The number of rotatable bonds is 7. The van der Waals surface area contributed by atoms with Gasteiger partial charge >= 0.3 is 0 Å². The number of hydrogen-bond acceptors (Lipinski definition) is 7. The summed E-state index contributed by atoms with van der Waals surface area (Å²) in [6, 6.07) is 4.98. The molecule has 2 aliphatic rings. The van der Waals surface area contributed by atoms with Crippen molar-refractivity contribution >= 4 is 16.8 Å². The minimum absolute atomic E-state index is 0.134. The first kappa shape index (κ1) is 22.9. The Bertz CT molecular complexity index is 1170. The number of nitrogens with zero attached hydrogens (tertiary/aromatic N) is 6. The molecule has 2 aliphatic heterocycles. The molecular weight excluding hydrogens is 439 g/mol. The first-order valence-electron chi connectivity index (χ1n) is 12.0. The van der Waals surface area contributed by atoms with E-state index in [9.17, 15) is 9.18 Å². The maximum atomic E-state index is 14.7. The Balaban J connectivity index is 1.23. The van der Waals surface area contributed by atoms with Crippen LogP contribution in [0.25, 0.3) is 16.9 Å². The number of aromatic nitrogens is 4. The summed E-state index contributed by atoms with van der Waals surface area (Å²) < 4.78 is 21.6. The minimum Gasteiger partial charge on any atom is -0.387 e. The van der Waals surface area contributed by atoms with Crippen LogP contribution in [0.3, 0.4) is 0 Å². The van der Waals surface area contributed by atoms with Crippen molar-refractivity contribution in [3.05, 3.63) is 35.6 Å². The van der Waals surface area contributed by atoms with Crippen molar-refractivity contribution in [3.63, 3.8) is 0 Å². The van der Waals surface area contributed by atoms with Gasteiger partial charge in [0.25, 0.3) is 5.95 Å². The number of aliphatic hydroxyl groups is 1. The Hall–Kier alpha value is -2.85. The van der Waals surface area contributed by atoms with E-state index in [1.165, 1.54) is 10.7 Å². The zero-order valence-electron chi connectivity index (χ0n) is 19.7. The standard InChI is InChI=1S/C24H31FN6O3/c1-15(2)22-18-4-3-5-19(25)23(18)31(27-22)24-26-20(34-28-24)10-16-6-8-29(11-16)12-17-7-9-30(13-17)21(33)14-32/h3-5,15-17,32H,6-14H2,1-2H3/t16-,17-/m0/s1. The van der Waals surface area contributed by atoms with E-state index in [-0.39, 0.29) is 23.6 Å². The van der Waals surface area contributed by atoms with Crippen LogP contribution in [0, 0.1) is 17.7 Å². The molecule has 10 heteroatoms. The van der Waals surface area contributed by atoms with Crippen molar-refractivity contribution in [2.45, 2.75) is 39.0 Å². The molecule has 2 saturated heterocycles. The molecule has 1 aromatic carbocycles. The minimum atomic E-state index is -0.412. The summed E-state index contributed by atoms with van der Waals surface area (Å²) in [5.41, 5.74) is 1.18. The number of halogens is 1. The number of para-hydroxylation sites is 1. The number of benzene rings is 1. The Morgan fingerprint density at radius 1 is 1.24 bits per heavy atom. The number of carbonyl (C=O) groups is 1. The van der Waals surface area contributed by atoms with E-state index in [1.54, 1.807) is 11.0 Å². The summed E-state index contributed by atoms with van der Waals surface area (Å²) >= 11 is 0. The van der Waals surface area contributed by atoms with Crippen molar-refractivity contribution in [3.8, 4) is 5.95 Å². The van der Waals surface area contributed by atoms with Crippen molar-refractivity contribution in [2.24, 2.45) is 11.8 Å². The van der Waals surface area contributed by atoms with E-state index in [2.05, 4.69) is 20.1 Å². The van der Waals surface area contributed by atoms with Crippen LogP contribution in [-0.2, 0) is 11.2 Å². The van der Waals surface area contributed by atoms with Gasteiger partial charge in [-0.15, -0.1) is 0 Å². The van der Waals surface area contributed by atoms with E-state index in [1.807, 2.05) is 19.9 Å². The van der Waals surface area contributed by atoms with Crippen molar-refractivity contribution < 1.29 is 18.8 Å². The fraction of sp³-hybridized carbons (Fsp3) is 0.583. The molecule has 0 spiro atoms. The molecule has 9 nitrogen and oxygen atoms in total. The van der Waals surface area contributed by atoms with E-state index >= 15 is 0 Å². The molecule has 2 fully saturated rings. The van der Waals surface area contributed by atoms with Crippen LogP contribution >= 0.6 is 0 Å². The Kier molecular flexibility index (Phi) is 6.35. The van der Waals surface area contributed by atoms with Gasteiger partial charge in [-0.3, -0.25) is 4.79 Å². The quantitative estimate of drug-likeness (QED) is 0.566. The van der Waals surface area contributed by atoms with Crippen molar-refractivity contribution in [1.82, 2.24) is 29.7 Å². The van der Waals surface area contributed by atoms with Gasteiger partial charge in [0, 0.05) is 38.0 Å². The molecule has 1 amide bonds. The van der Waals surface area contributed by atoms with Gasteiger partial charge in [-0.25, -0.2) is 4.39 Å². The highest BCUT2D eigenvalue weighted by Gasteiger charge is 2.31. The smallest absolute Gasteiger partial charge is 0.291 e. The first-order chi connectivity index (χ1) is 16.4. The van der Waals surface area contributed by atoms with E-state index in [0.29, 0.717) is 29.7 Å². The lowest BCUT2D eigenvalue weighted by molar-refractivity contribution is -0.133. The number of likely N-dealkylation sites (tertiary alicyclic amines) is 2. The van der Waals surface area contributed by atoms with Crippen LogP contribution in [0.2, 0.25) is 0 Å². The molecule has 3 aromatic rings. The van der Waals surface area contributed by atoms with E-state index in [0.717, 1.165) is 56.6 Å². The molecule has 0 saturated carbocycles. The van der Waals surface area contributed by atoms with Crippen LogP contribution in [0.15, 0.2) is 22.7 Å². The topological polar surface area (TPSA) is 101 Å². The van der Waals surface area contributed by atoms with Gasteiger partial charge < -0.3 is 19.4 Å². The second-order valence-corrected chi connectivity index (χ2v) is 9.85. The number of carbonyl (C=O) groups excluding carboxylic acids is 1. The highest BCUT2D eigenvalue weighted by Crippen LogP contribution is 2.29. The van der Waals surface area contributed by atoms with Crippen LogP contribution in [0.5, 0.6) is 0 Å². The fourth-order valence-corrected chi connectivity index (χ4v) is 5.30. The fourth-order valence-electron chi connectivity index (χ4n) is 5.30. The zero-order valence-corrected chi connectivity index (χ0v) is 19.7. The molecular formula is C24H31FN6O3. The highest BCUT2D eigenvalue weighted by molar-refractivity contribution is 5.84. The number of fused-ring (bicyclic) bond motifs is 1. The van der Waals surface area contributed by atoms with Crippen LogP contribution in [-0.4, -0.2) is 80.1 Å². The number of aliphatic hydroxyl groups excluding tert-OH is 1. The van der Waals surface area contributed by atoms with Crippen molar-refractivity contribution in [2.75, 3.05) is 39.3 Å². The largest absolute Gasteiger partial charge is 0.387 e. The van der Waals surface area contributed by atoms with Gasteiger partial charge in [0.1, 0.15) is 17.9 Å². The van der Waals surface area contributed by atoms with E-state index < -0.39 is 6.61 Å². The lowest BCUT2D eigenvalue weighted by Gasteiger charge is -2.21. The van der Waals surface area contributed by atoms with Gasteiger partial charge in [-0.05, 0) is 48.4 Å². The monoisotopic (exact) mass is 470 g/mol. The molecule has 1 N–H and O–H groups in total. The Morgan fingerprint density at radius 3 is 2.85 bits per heavy atom. The normalized spacial score (nSPS) is 21.4. The number of hydrogen-bond donors (Lipinski definition) is 1. The van der Waals surface area contributed by atoms with E-state index in [4.69, 9.17) is 9.63 Å². The molecule has 182 valence electrons. The molecule has 0 radical (unpaired) electrons. The second-order valence-electron chi connectivity index (χ2n) is 9.85. The maximum Gasteiger partial charge on any atom is 0.291 e. The maximum absolute atomic E-state index is 14.7. The van der Waals surface area contributed by atoms with Crippen molar-refractivity contribution in [1.29, 1.82) is 0 Å². The average molecular weight is 471 g/mol. The van der Waals surface area contributed by atoms with Gasteiger partial charge in [0.15, 0.2) is 0 Å². The van der Waals surface area contributed by atoms with Crippen LogP contribution in [0.4, 0.5) is 4.39 Å². The molecule has 34 heavy (non-hydrogen) atoms. The van der Waals surface area contributed by atoms with Crippen LogP contribution < -0.4 is 0 Å². The lowest BCUT2D eigenvalue weighted by atomic mass is 10.1. The third-order valence-electron chi connectivity index (χ3n) is 7.00. The zero-order chi connectivity index (χ0) is 23.8. The predicted octanol–water partition coefficient (Wildman–Crippen LogP) is 2.38. The molecule has 5 rings (SSSR count). The summed E-state index contributed by atoms with van der Waals surface area (Å²) in [6.07, 6.45) is 2.69. The van der Waals surface area contributed by atoms with Gasteiger partial charge in [0.2, 0.25) is 11.8 Å². The van der Waals surface area contributed by atoms with Gasteiger partial charge in [-0.1, -0.05) is 26.0 Å². The second kappa shape index (κ2) is 9.42. The highest BCUT2D eigenvalue weighted by atomic mass is 19.1. The lowest BCUT2D eigenvalue weighted by Crippen LogP contribution is -2.33. The molecule has 0 aliphatic carbocycles.